The van der Waals surface area contributed by atoms with Gasteiger partial charge in [-0.25, -0.2) is 4.79 Å². The summed E-state index contributed by atoms with van der Waals surface area (Å²) < 4.78 is 15.7. The molecule has 1 N–H and O–H groups in total. The summed E-state index contributed by atoms with van der Waals surface area (Å²) in [6.07, 6.45) is 1.73. The molecule has 0 radical (unpaired) electrons. The first-order valence-corrected chi connectivity index (χ1v) is 8.61. The Morgan fingerprint density at radius 3 is 2.62 bits per heavy atom. The van der Waals surface area contributed by atoms with Crippen molar-refractivity contribution in [2.75, 3.05) is 18.7 Å². The summed E-state index contributed by atoms with van der Waals surface area (Å²) >= 11 is 0. The third-order valence-electron chi connectivity index (χ3n) is 3.92. The molecule has 136 valence electrons. The molecule has 2 aromatic rings. The SMILES string of the molecule is CCCOC(=O)c1ccc(NC(=O)CCc2ccc3c(c2)OCO3)cc1. The van der Waals surface area contributed by atoms with Crippen LogP contribution in [-0.4, -0.2) is 25.3 Å². The van der Waals surface area contributed by atoms with Crippen molar-refractivity contribution in [3.8, 4) is 11.5 Å². The molecule has 0 aromatic heterocycles. The Hall–Kier alpha value is -3.02. The van der Waals surface area contributed by atoms with E-state index in [4.69, 9.17) is 14.2 Å². The van der Waals surface area contributed by atoms with Gasteiger partial charge in [-0.05, 0) is 54.8 Å². The van der Waals surface area contributed by atoms with Gasteiger partial charge in [0.15, 0.2) is 11.5 Å². The third kappa shape index (κ3) is 4.53. The largest absolute Gasteiger partial charge is 0.462 e. The molecule has 0 saturated carbocycles. The van der Waals surface area contributed by atoms with E-state index in [0.29, 0.717) is 36.4 Å². The van der Waals surface area contributed by atoms with Crippen molar-refractivity contribution in [1.82, 2.24) is 0 Å². The quantitative estimate of drug-likeness (QED) is 0.769. The highest BCUT2D eigenvalue weighted by Gasteiger charge is 2.14. The molecule has 0 aliphatic carbocycles. The van der Waals surface area contributed by atoms with E-state index in [-0.39, 0.29) is 18.7 Å². The predicted octanol–water partition coefficient (Wildman–Crippen LogP) is 3.55. The fraction of sp³-hybridized carbons (Fsp3) is 0.300. The van der Waals surface area contributed by atoms with Crippen LogP contribution in [0, 0.1) is 0 Å². The van der Waals surface area contributed by atoms with Gasteiger partial charge in [0.1, 0.15) is 0 Å². The minimum Gasteiger partial charge on any atom is -0.462 e. The van der Waals surface area contributed by atoms with Crippen LogP contribution in [0.3, 0.4) is 0 Å². The highest BCUT2D eigenvalue weighted by Crippen LogP contribution is 2.32. The Morgan fingerprint density at radius 2 is 1.85 bits per heavy atom. The van der Waals surface area contributed by atoms with Crippen LogP contribution < -0.4 is 14.8 Å². The normalized spacial score (nSPS) is 11.9. The maximum Gasteiger partial charge on any atom is 0.338 e. The van der Waals surface area contributed by atoms with Crippen LogP contribution >= 0.6 is 0 Å². The van der Waals surface area contributed by atoms with Gasteiger partial charge in [-0.1, -0.05) is 13.0 Å². The van der Waals surface area contributed by atoms with Gasteiger partial charge in [0, 0.05) is 12.1 Å². The summed E-state index contributed by atoms with van der Waals surface area (Å²) in [7, 11) is 0. The minimum absolute atomic E-state index is 0.0935. The van der Waals surface area contributed by atoms with Crippen LogP contribution in [0.4, 0.5) is 5.69 Å². The highest BCUT2D eigenvalue weighted by molar-refractivity contribution is 5.93. The molecule has 0 atom stereocenters. The summed E-state index contributed by atoms with van der Waals surface area (Å²) in [6.45, 7) is 2.58. The molecule has 0 unspecified atom stereocenters. The second-order valence-electron chi connectivity index (χ2n) is 5.95. The van der Waals surface area contributed by atoms with Gasteiger partial charge in [0.25, 0.3) is 0 Å². The van der Waals surface area contributed by atoms with Gasteiger partial charge < -0.3 is 19.5 Å². The monoisotopic (exact) mass is 355 g/mol. The van der Waals surface area contributed by atoms with E-state index in [0.717, 1.165) is 17.7 Å². The van der Waals surface area contributed by atoms with Crippen molar-refractivity contribution in [1.29, 1.82) is 0 Å². The number of rotatable bonds is 7. The Kier molecular flexibility index (Phi) is 5.73. The molecule has 0 fully saturated rings. The molecule has 2 aromatic carbocycles. The first-order chi connectivity index (χ1) is 12.7. The fourth-order valence-electron chi connectivity index (χ4n) is 2.55. The van der Waals surface area contributed by atoms with Gasteiger partial charge >= 0.3 is 5.97 Å². The van der Waals surface area contributed by atoms with E-state index in [9.17, 15) is 9.59 Å². The van der Waals surface area contributed by atoms with Gasteiger partial charge in [-0.15, -0.1) is 0 Å². The van der Waals surface area contributed by atoms with E-state index >= 15 is 0 Å². The number of ether oxygens (including phenoxy) is 3. The minimum atomic E-state index is -0.354. The first kappa shape index (κ1) is 17.8. The number of hydrogen-bond acceptors (Lipinski definition) is 5. The van der Waals surface area contributed by atoms with E-state index in [1.165, 1.54) is 0 Å². The lowest BCUT2D eigenvalue weighted by Gasteiger charge is -2.07. The van der Waals surface area contributed by atoms with Gasteiger partial charge in [-0.3, -0.25) is 4.79 Å². The van der Waals surface area contributed by atoms with Crippen LogP contribution in [0.5, 0.6) is 11.5 Å². The van der Waals surface area contributed by atoms with Crippen molar-refractivity contribution in [3.63, 3.8) is 0 Å². The average Bonchev–Trinajstić information content (AvgIpc) is 3.13. The van der Waals surface area contributed by atoms with Crippen molar-refractivity contribution in [3.05, 3.63) is 53.6 Å². The molecule has 3 rings (SSSR count). The van der Waals surface area contributed by atoms with Crippen LogP contribution in [0.2, 0.25) is 0 Å². The second-order valence-corrected chi connectivity index (χ2v) is 5.95. The summed E-state index contributed by atoms with van der Waals surface area (Å²) in [5, 5.41) is 2.83. The maximum atomic E-state index is 12.1. The van der Waals surface area contributed by atoms with Crippen molar-refractivity contribution >= 4 is 17.6 Å². The van der Waals surface area contributed by atoms with Gasteiger partial charge in [-0.2, -0.15) is 0 Å². The zero-order valence-electron chi connectivity index (χ0n) is 14.6. The smallest absolute Gasteiger partial charge is 0.338 e. The lowest BCUT2D eigenvalue weighted by Crippen LogP contribution is -2.12. The van der Waals surface area contributed by atoms with Gasteiger partial charge in [0.05, 0.1) is 12.2 Å². The molecule has 1 aliphatic rings. The van der Waals surface area contributed by atoms with E-state index < -0.39 is 0 Å². The fourth-order valence-corrected chi connectivity index (χ4v) is 2.55. The number of hydrogen-bond donors (Lipinski definition) is 1. The molecule has 6 heteroatoms. The summed E-state index contributed by atoms with van der Waals surface area (Å²) in [5.74, 6) is 1.00. The molecule has 26 heavy (non-hydrogen) atoms. The molecule has 0 bridgehead atoms. The molecular weight excluding hydrogens is 334 g/mol. The Morgan fingerprint density at radius 1 is 1.08 bits per heavy atom. The number of anilines is 1. The topological polar surface area (TPSA) is 73.9 Å². The van der Waals surface area contributed by atoms with E-state index in [1.807, 2.05) is 25.1 Å². The molecule has 0 saturated heterocycles. The maximum absolute atomic E-state index is 12.1. The van der Waals surface area contributed by atoms with Crippen molar-refractivity contribution in [2.24, 2.45) is 0 Å². The molecule has 1 heterocycles. The number of carbonyl (C=O) groups excluding carboxylic acids is 2. The molecule has 1 amide bonds. The zero-order chi connectivity index (χ0) is 18.4. The Balaban J connectivity index is 1.49. The van der Waals surface area contributed by atoms with Gasteiger partial charge in [0.2, 0.25) is 12.7 Å². The average molecular weight is 355 g/mol. The number of esters is 1. The summed E-state index contributed by atoms with van der Waals surface area (Å²) in [4.78, 5) is 23.9. The molecule has 1 aliphatic heterocycles. The summed E-state index contributed by atoms with van der Waals surface area (Å²) in [6, 6.07) is 12.4. The van der Waals surface area contributed by atoms with Crippen LogP contribution in [0.15, 0.2) is 42.5 Å². The Bertz CT molecular complexity index is 785. The van der Waals surface area contributed by atoms with Crippen LogP contribution in [0.25, 0.3) is 0 Å². The molecule has 6 nitrogen and oxygen atoms in total. The first-order valence-electron chi connectivity index (χ1n) is 8.61. The van der Waals surface area contributed by atoms with Crippen molar-refractivity contribution in [2.45, 2.75) is 26.2 Å². The Labute approximate surface area is 152 Å². The van der Waals surface area contributed by atoms with Crippen LogP contribution in [-0.2, 0) is 16.0 Å². The second kappa shape index (κ2) is 8.38. The number of carbonyl (C=O) groups is 2. The van der Waals surface area contributed by atoms with Crippen molar-refractivity contribution < 1.29 is 23.8 Å². The number of aryl methyl sites for hydroxylation is 1. The predicted molar refractivity (Wildman–Crippen MR) is 96.5 cm³/mol. The standard InChI is InChI=1S/C20H21NO5/c1-2-11-24-20(23)15-5-7-16(8-6-15)21-19(22)10-4-14-3-9-17-18(12-14)26-13-25-17/h3,5-9,12H,2,4,10-11,13H2,1H3,(H,21,22). The molecule has 0 spiro atoms. The van der Waals surface area contributed by atoms with E-state index in [1.54, 1.807) is 24.3 Å². The van der Waals surface area contributed by atoms with E-state index in [2.05, 4.69) is 5.32 Å². The number of amides is 1. The number of nitrogens with one attached hydrogen (secondary N) is 1. The highest BCUT2D eigenvalue weighted by atomic mass is 16.7. The zero-order valence-corrected chi connectivity index (χ0v) is 14.6. The lowest BCUT2D eigenvalue weighted by molar-refractivity contribution is -0.116. The van der Waals surface area contributed by atoms with Crippen LogP contribution in [0.1, 0.15) is 35.7 Å². The summed E-state index contributed by atoms with van der Waals surface area (Å²) in [5.41, 5.74) is 2.13. The molecular formula is C20H21NO5. The number of benzene rings is 2. The third-order valence-corrected chi connectivity index (χ3v) is 3.92. The lowest BCUT2D eigenvalue weighted by atomic mass is 10.1. The number of fused-ring (bicyclic) bond motifs is 1.